The Labute approximate surface area is 177 Å². The number of nitrogens with zero attached hydrogens (tertiary/aromatic N) is 3. The lowest BCUT2D eigenvalue weighted by Crippen LogP contribution is -2.44. The van der Waals surface area contributed by atoms with Crippen molar-refractivity contribution < 1.29 is 19.1 Å². The van der Waals surface area contributed by atoms with Gasteiger partial charge in [-0.15, -0.1) is 0 Å². The molecule has 8 nitrogen and oxygen atoms in total. The van der Waals surface area contributed by atoms with E-state index in [1.807, 2.05) is 39.0 Å². The van der Waals surface area contributed by atoms with Crippen LogP contribution in [0.2, 0.25) is 0 Å². The highest BCUT2D eigenvalue weighted by Crippen LogP contribution is 2.29. The lowest BCUT2D eigenvalue weighted by molar-refractivity contribution is 0.0487. The second-order valence-corrected chi connectivity index (χ2v) is 8.85. The molecule has 1 amide bonds. The van der Waals surface area contributed by atoms with E-state index in [9.17, 15) is 9.59 Å². The van der Waals surface area contributed by atoms with E-state index in [2.05, 4.69) is 15.3 Å². The van der Waals surface area contributed by atoms with Crippen molar-refractivity contribution in [3.05, 3.63) is 11.8 Å². The van der Waals surface area contributed by atoms with Gasteiger partial charge in [-0.2, -0.15) is 0 Å². The Morgan fingerprint density at radius 3 is 2.48 bits per heavy atom. The van der Waals surface area contributed by atoms with Crippen molar-refractivity contribution in [2.45, 2.75) is 76.2 Å². The third kappa shape index (κ3) is 6.76. The summed E-state index contributed by atoms with van der Waals surface area (Å²) in [4.78, 5) is 35.2. The van der Waals surface area contributed by atoms with Crippen molar-refractivity contribution in [1.82, 2.24) is 15.3 Å². The fourth-order valence-electron chi connectivity index (χ4n) is 3.33. The van der Waals surface area contributed by atoms with Crippen LogP contribution in [0.3, 0.4) is 0 Å². The predicted molar refractivity (Wildman–Crippen MR) is 114 cm³/mol. The van der Waals surface area contributed by atoms with Crippen LogP contribution in [0.15, 0.2) is 11.4 Å². The average molecular weight is 425 g/mol. The van der Waals surface area contributed by atoms with Crippen molar-refractivity contribution in [3.8, 4) is 0 Å². The first kappa shape index (κ1) is 23.3. The zero-order valence-corrected chi connectivity index (χ0v) is 19.0. The average Bonchev–Trinajstić information content (AvgIpc) is 2.66. The number of hydrogen-bond acceptors (Lipinski definition) is 8. The molecule has 1 aliphatic carbocycles. The topological polar surface area (TPSA) is 93.6 Å². The molecule has 0 bridgehead atoms. The normalized spacial score (nSPS) is 19.4. The van der Waals surface area contributed by atoms with E-state index in [4.69, 9.17) is 9.47 Å². The van der Waals surface area contributed by atoms with Crippen molar-refractivity contribution >= 4 is 29.6 Å². The van der Waals surface area contributed by atoms with Crippen molar-refractivity contribution in [3.63, 3.8) is 0 Å². The van der Waals surface area contributed by atoms with Gasteiger partial charge in [-0.1, -0.05) is 11.8 Å². The number of aromatic nitrogens is 2. The molecule has 0 aliphatic heterocycles. The number of carbonyl (C=O) groups is 2. The van der Waals surface area contributed by atoms with Crippen LogP contribution >= 0.6 is 11.8 Å². The van der Waals surface area contributed by atoms with Gasteiger partial charge in [0.15, 0.2) is 5.16 Å². The van der Waals surface area contributed by atoms with Gasteiger partial charge in [0, 0.05) is 25.3 Å². The van der Waals surface area contributed by atoms with Crippen LogP contribution in [-0.4, -0.2) is 59.6 Å². The molecule has 162 valence electrons. The van der Waals surface area contributed by atoms with Gasteiger partial charge in [0.1, 0.15) is 17.0 Å². The standard InChI is InChI=1S/C20H32N4O4S/c1-7-27-17(25)15-12-21-18(29-6)23-16(15)24(5)14-10-8-13(9-11-14)22-19(26)28-20(2,3)4/h12-14H,7-11H2,1-6H3,(H,22,26). The molecule has 1 aromatic rings. The second kappa shape index (κ2) is 10.1. The first-order chi connectivity index (χ1) is 13.6. The molecule has 0 atom stereocenters. The van der Waals surface area contributed by atoms with E-state index in [1.54, 1.807) is 13.1 Å². The third-order valence-corrected chi connectivity index (χ3v) is 5.29. The van der Waals surface area contributed by atoms with E-state index in [0.717, 1.165) is 25.7 Å². The number of alkyl carbamates (subject to hydrolysis) is 1. The number of thioether (sulfide) groups is 1. The lowest BCUT2D eigenvalue weighted by Gasteiger charge is -2.36. The Kier molecular flexibility index (Phi) is 8.13. The van der Waals surface area contributed by atoms with Gasteiger partial charge in [-0.3, -0.25) is 0 Å². The molecule has 1 aromatic heterocycles. The number of nitrogens with one attached hydrogen (secondary N) is 1. The van der Waals surface area contributed by atoms with Crippen LogP contribution < -0.4 is 10.2 Å². The van der Waals surface area contributed by atoms with Crippen LogP contribution in [0.1, 0.15) is 63.7 Å². The molecular formula is C20H32N4O4S. The third-order valence-electron chi connectivity index (χ3n) is 4.72. The van der Waals surface area contributed by atoms with E-state index < -0.39 is 11.6 Å². The quantitative estimate of drug-likeness (QED) is 0.420. The van der Waals surface area contributed by atoms with E-state index in [-0.39, 0.29) is 18.2 Å². The zero-order valence-electron chi connectivity index (χ0n) is 18.2. The molecular weight excluding hydrogens is 392 g/mol. The number of amides is 1. The van der Waals surface area contributed by atoms with Gasteiger partial charge in [-0.05, 0) is 59.6 Å². The predicted octanol–water partition coefficient (Wildman–Crippen LogP) is 3.65. The van der Waals surface area contributed by atoms with Crippen molar-refractivity contribution in [2.24, 2.45) is 0 Å². The maximum Gasteiger partial charge on any atom is 0.407 e. The summed E-state index contributed by atoms with van der Waals surface area (Å²) < 4.78 is 10.5. The summed E-state index contributed by atoms with van der Waals surface area (Å²) in [6.45, 7) is 7.63. The first-order valence-electron chi connectivity index (χ1n) is 9.95. The highest BCUT2D eigenvalue weighted by atomic mass is 32.2. The van der Waals surface area contributed by atoms with Crippen LogP contribution in [0.4, 0.5) is 10.6 Å². The minimum absolute atomic E-state index is 0.0891. The highest BCUT2D eigenvalue weighted by Gasteiger charge is 2.29. The number of esters is 1. The molecule has 0 aromatic carbocycles. The molecule has 9 heteroatoms. The monoisotopic (exact) mass is 424 g/mol. The van der Waals surface area contributed by atoms with E-state index in [1.165, 1.54) is 11.8 Å². The smallest absolute Gasteiger partial charge is 0.407 e. The van der Waals surface area contributed by atoms with Gasteiger partial charge in [0.2, 0.25) is 0 Å². The summed E-state index contributed by atoms with van der Waals surface area (Å²) in [6.07, 6.45) is 6.48. The fourth-order valence-corrected chi connectivity index (χ4v) is 3.67. The van der Waals surface area contributed by atoms with Crippen LogP contribution in [0.25, 0.3) is 0 Å². The number of carbonyl (C=O) groups excluding carboxylic acids is 2. The SMILES string of the molecule is CCOC(=O)c1cnc(SC)nc1N(C)C1CCC(NC(=O)OC(C)(C)C)CC1. The van der Waals surface area contributed by atoms with Crippen LogP contribution in [-0.2, 0) is 9.47 Å². The van der Waals surface area contributed by atoms with Gasteiger partial charge in [-0.25, -0.2) is 19.6 Å². The number of anilines is 1. The fraction of sp³-hybridized carbons (Fsp3) is 0.700. The minimum Gasteiger partial charge on any atom is -0.462 e. The van der Waals surface area contributed by atoms with Crippen LogP contribution in [0, 0.1) is 0 Å². The van der Waals surface area contributed by atoms with Gasteiger partial charge < -0.3 is 19.7 Å². The van der Waals surface area contributed by atoms with E-state index >= 15 is 0 Å². The van der Waals surface area contributed by atoms with Crippen LogP contribution in [0.5, 0.6) is 0 Å². The Morgan fingerprint density at radius 1 is 1.28 bits per heavy atom. The molecule has 29 heavy (non-hydrogen) atoms. The Hall–Kier alpha value is -2.03. The maximum atomic E-state index is 12.3. The molecule has 0 unspecified atom stereocenters. The summed E-state index contributed by atoms with van der Waals surface area (Å²) >= 11 is 1.43. The molecule has 1 aliphatic rings. The highest BCUT2D eigenvalue weighted by molar-refractivity contribution is 7.98. The largest absolute Gasteiger partial charge is 0.462 e. The molecule has 0 spiro atoms. The molecule has 1 N–H and O–H groups in total. The number of rotatable bonds is 6. The first-order valence-corrected chi connectivity index (χ1v) is 11.2. The van der Waals surface area contributed by atoms with Gasteiger partial charge >= 0.3 is 12.1 Å². The maximum absolute atomic E-state index is 12.3. The number of ether oxygens (including phenoxy) is 2. The Bertz CT molecular complexity index is 715. The lowest BCUT2D eigenvalue weighted by atomic mass is 9.90. The number of hydrogen-bond donors (Lipinski definition) is 1. The van der Waals surface area contributed by atoms with Crippen molar-refractivity contribution in [2.75, 3.05) is 24.8 Å². The Balaban J connectivity index is 2.04. The second-order valence-electron chi connectivity index (χ2n) is 8.08. The molecule has 1 saturated carbocycles. The Morgan fingerprint density at radius 2 is 1.93 bits per heavy atom. The summed E-state index contributed by atoms with van der Waals surface area (Å²) in [6, 6.07) is 0.302. The summed E-state index contributed by atoms with van der Waals surface area (Å²) in [5.41, 5.74) is -0.131. The van der Waals surface area contributed by atoms with Gasteiger partial charge in [0.05, 0.1) is 6.61 Å². The summed E-state index contributed by atoms with van der Waals surface area (Å²) in [7, 11) is 1.95. The summed E-state index contributed by atoms with van der Waals surface area (Å²) in [5.74, 6) is 0.175. The summed E-state index contributed by atoms with van der Waals surface area (Å²) in [5, 5.41) is 3.57. The molecule has 0 saturated heterocycles. The molecule has 0 radical (unpaired) electrons. The molecule has 1 fully saturated rings. The minimum atomic E-state index is -0.507. The van der Waals surface area contributed by atoms with Crippen molar-refractivity contribution in [1.29, 1.82) is 0 Å². The van der Waals surface area contributed by atoms with Gasteiger partial charge in [0.25, 0.3) is 0 Å². The van der Waals surface area contributed by atoms with E-state index in [0.29, 0.717) is 23.1 Å². The molecule has 2 rings (SSSR count). The zero-order chi connectivity index (χ0) is 21.6. The molecule has 1 heterocycles.